The zero-order chi connectivity index (χ0) is 32.2. The summed E-state index contributed by atoms with van der Waals surface area (Å²) in [6, 6.07) is 17.8. The van der Waals surface area contributed by atoms with Crippen LogP contribution in [-0.4, -0.2) is 99.7 Å². The largest absolute Gasteiger partial charge is 0.497 e. The lowest BCUT2D eigenvalue weighted by atomic mass is 10.0. The fourth-order valence-corrected chi connectivity index (χ4v) is 6.78. The zero-order valence-corrected chi connectivity index (χ0v) is 26.7. The average Bonchev–Trinajstić information content (AvgIpc) is 3.02. The smallest absolute Gasteiger partial charge is 0.321 e. The van der Waals surface area contributed by atoms with Crippen LogP contribution in [0.15, 0.2) is 71.6 Å². The molecular weight excluding hydrogens is 584 g/mol. The van der Waals surface area contributed by atoms with Gasteiger partial charge >= 0.3 is 6.03 Å². The van der Waals surface area contributed by atoms with Crippen molar-refractivity contribution in [3.8, 4) is 22.6 Å². The number of rotatable bonds is 8. The first-order valence-electron chi connectivity index (χ1n) is 14.3. The number of anilines is 1. The Bertz CT molecular complexity index is 1590. The highest BCUT2D eigenvalue weighted by Crippen LogP contribution is 2.37. The topological polar surface area (TPSA) is 129 Å². The number of fused-ring (bicyclic) bond motifs is 1. The van der Waals surface area contributed by atoms with Gasteiger partial charge < -0.3 is 29.7 Å². The highest BCUT2D eigenvalue weighted by atomic mass is 32.2. The highest BCUT2D eigenvalue weighted by molar-refractivity contribution is 7.89. The summed E-state index contributed by atoms with van der Waals surface area (Å²) >= 11 is 0. The summed E-state index contributed by atoms with van der Waals surface area (Å²) in [4.78, 5) is 28.6. The number of nitrogens with zero attached hydrogens (tertiary/aromatic N) is 3. The molecule has 0 unspecified atom stereocenters. The van der Waals surface area contributed by atoms with E-state index in [1.807, 2.05) is 13.0 Å². The first-order chi connectivity index (χ1) is 20.8. The molecule has 0 radical (unpaired) electrons. The molecule has 44 heavy (non-hydrogen) atoms. The number of nitrogens with one attached hydrogen (secondary N) is 1. The van der Waals surface area contributed by atoms with Gasteiger partial charge in [0.15, 0.2) is 0 Å². The lowest BCUT2D eigenvalue weighted by molar-refractivity contribution is 0.0827. The minimum atomic E-state index is -4.05. The van der Waals surface area contributed by atoms with Crippen molar-refractivity contribution in [3.63, 3.8) is 0 Å². The van der Waals surface area contributed by atoms with E-state index in [2.05, 4.69) is 5.32 Å². The number of carbonyl (C=O) groups is 2. The van der Waals surface area contributed by atoms with Crippen LogP contribution < -0.4 is 14.8 Å². The maximum atomic E-state index is 13.9. The van der Waals surface area contributed by atoms with E-state index >= 15 is 0 Å². The van der Waals surface area contributed by atoms with Crippen LogP contribution in [-0.2, 0) is 10.0 Å². The van der Waals surface area contributed by atoms with Crippen LogP contribution in [0, 0.1) is 5.92 Å². The summed E-state index contributed by atoms with van der Waals surface area (Å²) in [6.45, 7) is 3.39. The van der Waals surface area contributed by atoms with Crippen molar-refractivity contribution >= 4 is 27.6 Å². The summed E-state index contributed by atoms with van der Waals surface area (Å²) in [6.07, 6.45) is -0.596. The molecule has 0 spiro atoms. The van der Waals surface area contributed by atoms with E-state index in [0.29, 0.717) is 28.1 Å². The van der Waals surface area contributed by atoms with E-state index in [9.17, 15) is 23.1 Å². The van der Waals surface area contributed by atoms with Crippen LogP contribution >= 0.6 is 0 Å². The molecule has 0 saturated heterocycles. The Morgan fingerprint density at radius 2 is 1.75 bits per heavy atom. The van der Waals surface area contributed by atoms with E-state index in [1.165, 1.54) is 20.2 Å². The lowest BCUT2D eigenvalue weighted by Gasteiger charge is -2.37. The monoisotopic (exact) mass is 624 g/mol. The molecule has 0 fully saturated rings. The van der Waals surface area contributed by atoms with Crippen molar-refractivity contribution in [2.75, 3.05) is 53.3 Å². The van der Waals surface area contributed by atoms with Crippen molar-refractivity contribution in [2.24, 2.45) is 5.92 Å². The summed E-state index contributed by atoms with van der Waals surface area (Å²) in [5.74, 6) is 0.282. The number of amides is 3. The number of sulfonamides is 1. The normalized spacial score (nSPS) is 18.5. The van der Waals surface area contributed by atoms with Crippen LogP contribution in [0.4, 0.5) is 10.5 Å². The maximum absolute atomic E-state index is 13.9. The van der Waals surface area contributed by atoms with E-state index in [1.54, 1.807) is 89.8 Å². The van der Waals surface area contributed by atoms with Gasteiger partial charge in [0.1, 0.15) is 22.5 Å². The molecule has 3 atom stereocenters. The van der Waals surface area contributed by atoms with Crippen LogP contribution in [0.2, 0.25) is 0 Å². The van der Waals surface area contributed by atoms with Gasteiger partial charge in [0.2, 0.25) is 10.0 Å². The minimum absolute atomic E-state index is 0.0377. The maximum Gasteiger partial charge on any atom is 0.321 e. The first-order valence-corrected chi connectivity index (χ1v) is 15.7. The van der Waals surface area contributed by atoms with E-state index in [-0.39, 0.29) is 48.2 Å². The molecule has 1 aliphatic rings. The fourth-order valence-electron chi connectivity index (χ4n) is 4.96. The van der Waals surface area contributed by atoms with Gasteiger partial charge in [-0.1, -0.05) is 25.1 Å². The summed E-state index contributed by atoms with van der Waals surface area (Å²) in [7, 11) is 2.51. The Morgan fingerprint density at radius 1 is 1.07 bits per heavy atom. The van der Waals surface area contributed by atoms with E-state index in [0.717, 1.165) is 0 Å². The molecule has 1 heterocycles. The number of aliphatic hydroxyl groups excluding tert-OH is 1. The van der Waals surface area contributed by atoms with Crippen molar-refractivity contribution in [2.45, 2.75) is 30.9 Å². The molecule has 0 bridgehead atoms. The van der Waals surface area contributed by atoms with Gasteiger partial charge in [-0.3, -0.25) is 4.79 Å². The van der Waals surface area contributed by atoms with Crippen molar-refractivity contribution in [3.05, 3.63) is 72.3 Å². The van der Waals surface area contributed by atoms with Crippen LogP contribution in [0.25, 0.3) is 11.1 Å². The van der Waals surface area contributed by atoms with Gasteiger partial charge in [0.25, 0.3) is 5.91 Å². The third-order valence-corrected chi connectivity index (χ3v) is 9.68. The SMILES string of the molecule is COc1ccc(NC(=O)N(C)C[C@H]2Oc3cc(-c4cccc(C(=O)N(C)C)c4)ccc3S(=O)(=O)N([C@H](C)CO)C[C@H]2C)cc1. The van der Waals surface area contributed by atoms with Gasteiger partial charge in [-0.2, -0.15) is 4.31 Å². The molecule has 3 amide bonds. The number of methoxy groups -OCH3 is 1. The van der Waals surface area contributed by atoms with Gasteiger partial charge in [0, 0.05) is 50.9 Å². The number of urea groups is 1. The molecule has 1 aliphatic heterocycles. The molecule has 12 heteroatoms. The fraction of sp³-hybridized carbons (Fsp3) is 0.375. The molecule has 0 aromatic heterocycles. The van der Waals surface area contributed by atoms with Crippen molar-refractivity contribution < 1.29 is 32.6 Å². The second-order valence-corrected chi connectivity index (χ2v) is 13.1. The molecule has 0 saturated carbocycles. The number of hydrogen-bond acceptors (Lipinski definition) is 7. The summed E-state index contributed by atoms with van der Waals surface area (Å²) < 4.78 is 40.7. The number of likely N-dealkylation sites (N-methyl/N-ethyl adjacent to an activating group) is 1. The first kappa shape index (κ1) is 32.8. The number of benzene rings is 3. The second kappa shape index (κ2) is 13.7. The van der Waals surface area contributed by atoms with E-state index in [4.69, 9.17) is 9.47 Å². The van der Waals surface area contributed by atoms with Crippen LogP contribution in [0.1, 0.15) is 24.2 Å². The quantitative estimate of drug-likeness (QED) is 0.388. The van der Waals surface area contributed by atoms with Crippen LogP contribution in [0.3, 0.4) is 0 Å². The summed E-state index contributed by atoms with van der Waals surface area (Å²) in [5, 5.41) is 12.8. The third-order valence-electron chi connectivity index (χ3n) is 7.66. The van der Waals surface area contributed by atoms with Gasteiger partial charge in [-0.25, -0.2) is 13.2 Å². The van der Waals surface area contributed by atoms with Gasteiger partial charge in [0.05, 0.1) is 20.3 Å². The Balaban J connectivity index is 1.69. The van der Waals surface area contributed by atoms with Crippen molar-refractivity contribution in [1.29, 1.82) is 0 Å². The Morgan fingerprint density at radius 3 is 2.39 bits per heavy atom. The minimum Gasteiger partial charge on any atom is -0.497 e. The van der Waals surface area contributed by atoms with Gasteiger partial charge in [-0.05, 0) is 66.6 Å². The predicted molar refractivity (Wildman–Crippen MR) is 169 cm³/mol. The molecule has 2 N–H and O–H groups in total. The zero-order valence-electron chi connectivity index (χ0n) is 25.9. The van der Waals surface area contributed by atoms with Crippen LogP contribution in [0.5, 0.6) is 11.5 Å². The Labute approximate surface area is 259 Å². The molecule has 3 aromatic carbocycles. The average molecular weight is 625 g/mol. The molecule has 11 nitrogen and oxygen atoms in total. The highest BCUT2D eigenvalue weighted by Gasteiger charge is 2.38. The number of aliphatic hydroxyl groups is 1. The van der Waals surface area contributed by atoms with Gasteiger partial charge in [-0.15, -0.1) is 0 Å². The lowest BCUT2D eigenvalue weighted by Crippen LogP contribution is -2.50. The van der Waals surface area contributed by atoms with Crippen molar-refractivity contribution in [1.82, 2.24) is 14.1 Å². The molecule has 4 rings (SSSR count). The Hall–Kier alpha value is -4.13. The second-order valence-electron chi connectivity index (χ2n) is 11.2. The Kier molecular flexibility index (Phi) is 10.2. The standard InChI is InChI=1S/C32H40N4O7S/c1-21-18-36(22(2)20-37)44(40,41)30-15-10-24(23-8-7-9-25(16-23)31(38)34(3)4)17-28(30)43-29(21)19-35(5)32(39)33-26-11-13-27(42-6)14-12-26/h7-17,21-22,29,37H,18-20H2,1-6H3,(H,33,39)/t21-,22-,29-/m1/s1. The third kappa shape index (κ3) is 7.15. The number of ether oxygens (including phenoxy) is 2. The molecular formula is C32H40N4O7S. The predicted octanol–water partition coefficient (Wildman–Crippen LogP) is 4.00. The number of carbonyl (C=O) groups excluding carboxylic acids is 2. The van der Waals surface area contributed by atoms with E-state index < -0.39 is 22.2 Å². The summed E-state index contributed by atoms with van der Waals surface area (Å²) in [5.41, 5.74) is 2.46. The molecule has 236 valence electrons. The molecule has 0 aliphatic carbocycles. The number of hydrogen-bond donors (Lipinski definition) is 2. The molecule has 3 aromatic rings.